The fourth-order valence-corrected chi connectivity index (χ4v) is 3.05. The molecule has 0 atom stereocenters. The Morgan fingerprint density at radius 1 is 1.14 bits per heavy atom. The SMILES string of the molecule is Cc1cnc(Nc2ccc3c(c2)CC(=O)N3)nc1-c1ccc(OC(F)(F)F)cc1. The van der Waals surface area contributed by atoms with E-state index in [0.29, 0.717) is 23.6 Å². The van der Waals surface area contributed by atoms with Gasteiger partial charge in [-0.15, -0.1) is 13.2 Å². The average molecular weight is 400 g/mol. The van der Waals surface area contributed by atoms with Crippen LogP contribution < -0.4 is 15.4 Å². The number of alkyl halides is 3. The molecule has 1 amide bonds. The van der Waals surface area contributed by atoms with Crippen molar-refractivity contribution in [3.63, 3.8) is 0 Å². The maximum Gasteiger partial charge on any atom is 0.573 e. The molecule has 1 aromatic heterocycles. The molecule has 0 radical (unpaired) electrons. The number of carbonyl (C=O) groups excluding carboxylic acids is 1. The van der Waals surface area contributed by atoms with Gasteiger partial charge in [0.2, 0.25) is 11.9 Å². The summed E-state index contributed by atoms with van der Waals surface area (Å²) in [5.41, 5.74) is 4.37. The normalized spacial score (nSPS) is 13.0. The molecule has 148 valence electrons. The molecule has 2 aromatic carbocycles. The zero-order valence-corrected chi connectivity index (χ0v) is 15.2. The number of fused-ring (bicyclic) bond motifs is 1. The van der Waals surface area contributed by atoms with E-state index in [2.05, 4.69) is 25.3 Å². The Morgan fingerprint density at radius 3 is 2.62 bits per heavy atom. The number of ether oxygens (including phenoxy) is 1. The summed E-state index contributed by atoms with van der Waals surface area (Å²) in [4.78, 5) is 20.2. The van der Waals surface area contributed by atoms with Crippen molar-refractivity contribution < 1.29 is 22.7 Å². The van der Waals surface area contributed by atoms with Crippen LogP contribution in [0.25, 0.3) is 11.3 Å². The van der Waals surface area contributed by atoms with Gasteiger partial charge in [-0.25, -0.2) is 9.97 Å². The Balaban J connectivity index is 1.57. The molecule has 2 N–H and O–H groups in total. The maximum atomic E-state index is 12.3. The Labute approximate surface area is 163 Å². The lowest BCUT2D eigenvalue weighted by atomic mass is 10.1. The fourth-order valence-electron chi connectivity index (χ4n) is 3.05. The van der Waals surface area contributed by atoms with Crippen molar-refractivity contribution in [3.8, 4) is 17.0 Å². The average Bonchev–Trinajstić information content (AvgIpc) is 3.02. The zero-order chi connectivity index (χ0) is 20.6. The van der Waals surface area contributed by atoms with Crippen molar-refractivity contribution in [3.05, 3.63) is 59.8 Å². The second-order valence-corrected chi connectivity index (χ2v) is 6.52. The van der Waals surface area contributed by atoms with Gasteiger partial charge in [-0.3, -0.25) is 4.79 Å². The van der Waals surface area contributed by atoms with Crippen LogP contribution in [0.5, 0.6) is 5.75 Å². The van der Waals surface area contributed by atoms with Gasteiger partial charge in [-0.2, -0.15) is 0 Å². The maximum absolute atomic E-state index is 12.3. The van der Waals surface area contributed by atoms with Crippen LogP contribution in [-0.2, 0) is 11.2 Å². The second-order valence-electron chi connectivity index (χ2n) is 6.52. The number of aryl methyl sites for hydroxylation is 1. The number of nitrogens with zero attached hydrogens (tertiary/aromatic N) is 2. The highest BCUT2D eigenvalue weighted by Crippen LogP contribution is 2.29. The third-order valence-electron chi connectivity index (χ3n) is 4.32. The lowest BCUT2D eigenvalue weighted by molar-refractivity contribution is -0.274. The molecular formula is C20H15F3N4O2. The van der Waals surface area contributed by atoms with Crippen LogP contribution in [0.2, 0.25) is 0 Å². The van der Waals surface area contributed by atoms with E-state index in [1.807, 2.05) is 13.0 Å². The van der Waals surface area contributed by atoms with E-state index >= 15 is 0 Å². The van der Waals surface area contributed by atoms with Crippen molar-refractivity contribution in [1.82, 2.24) is 9.97 Å². The number of rotatable bonds is 4. The topological polar surface area (TPSA) is 76.1 Å². The minimum atomic E-state index is -4.74. The van der Waals surface area contributed by atoms with Crippen LogP contribution in [0.1, 0.15) is 11.1 Å². The second kappa shape index (κ2) is 7.08. The van der Waals surface area contributed by atoms with Crippen LogP contribution in [0, 0.1) is 6.92 Å². The molecule has 0 unspecified atom stereocenters. The molecule has 0 spiro atoms. The summed E-state index contributed by atoms with van der Waals surface area (Å²) in [5, 5.41) is 5.86. The minimum Gasteiger partial charge on any atom is -0.406 e. The quantitative estimate of drug-likeness (QED) is 0.670. The Kier molecular flexibility index (Phi) is 4.57. The zero-order valence-electron chi connectivity index (χ0n) is 15.2. The third-order valence-corrected chi connectivity index (χ3v) is 4.32. The fraction of sp³-hybridized carbons (Fsp3) is 0.150. The van der Waals surface area contributed by atoms with Crippen molar-refractivity contribution in [2.45, 2.75) is 19.7 Å². The number of anilines is 3. The van der Waals surface area contributed by atoms with E-state index in [-0.39, 0.29) is 11.7 Å². The van der Waals surface area contributed by atoms with E-state index in [0.717, 1.165) is 22.5 Å². The third kappa shape index (κ3) is 4.29. The molecule has 0 aliphatic carbocycles. The molecule has 6 nitrogen and oxygen atoms in total. The van der Waals surface area contributed by atoms with Crippen LogP contribution in [-0.4, -0.2) is 22.2 Å². The summed E-state index contributed by atoms with van der Waals surface area (Å²) in [6.07, 6.45) is -2.79. The van der Waals surface area contributed by atoms with Crippen molar-refractivity contribution in [2.75, 3.05) is 10.6 Å². The standard InChI is InChI=1S/C20H15F3N4O2/c1-11-10-24-19(25-14-4-7-16-13(8-14)9-17(28)26-16)27-18(11)12-2-5-15(6-3-12)29-20(21,22)23/h2-8,10H,9H2,1H3,(H,26,28)(H,24,25,27). The highest BCUT2D eigenvalue weighted by molar-refractivity contribution is 5.99. The Hall–Kier alpha value is -3.62. The molecule has 3 aromatic rings. The number of hydrogen-bond donors (Lipinski definition) is 2. The van der Waals surface area contributed by atoms with Crippen molar-refractivity contribution >= 4 is 23.2 Å². The highest BCUT2D eigenvalue weighted by Gasteiger charge is 2.31. The van der Waals surface area contributed by atoms with Crippen LogP contribution >= 0.6 is 0 Å². The van der Waals surface area contributed by atoms with E-state index in [1.54, 1.807) is 18.3 Å². The number of nitrogens with one attached hydrogen (secondary N) is 2. The van der Waals surface area contributed by atoms with Gasteiger partial charge in [0, 0.05) is 23.1 Å². The molecular weight excluding hydrogens is 385 g/mol. The summed E-state index contributed by atoms with van der Waals surface area (Å²) >= 11 is 0. The van der Waals surface area contributed by atoms with Crippen molar-refractivity contribution in [2.24, 2.45) is 0 Å². The summed E-state index contributed by atoms with van der Waals surface area (Å²) in [5.74, 6) is -0.0185. The van der Waals surface area contributed by atoms with Gasteiger partial charge in [0.15, 0.2) is 0 Å². The molecule has 29 heavy (non-hydrogen) atoms. The number of carbonyl (C=O) groups is 1. The van der Waals surface area contributed by atoms with Gasteiger partial charge in [0.25, 0.3) is 0 Å². The van der Waals surface area contributed by atoms with E-state index < -0.39 is 6.36 Å². The number of aromatic nitrogens is 2. The molecule has 4 rings (SSSR count). The molecule has 2 heterocycles. The minimum absolute atomic E-state index is 0.0519. The van der Waals surface area contributed by atoms with Gasteiger partial charge in [0.05, 0.1) is 12.1 Å². The van der Waals surface area contributed by atoms with E-state index in [4.69, 9.17) is 0 Å². The highest BCUT2D eigenvalue weighted by atomic mass is 19.4. The lowest BCUT2D eigenvalue weighted by Gasteiger charge is -2.11. The monoisotopic (exact) mass is 400 g/mol. The Morgan fingerprint density at radius 2 is 1.90 bits per heavy atom. The molecule has 0 fully saturated rings. The number of benzene rings is 2. The van der Waals surface area contributed by atoms with Gasteiger partial charge in [-0.1, -0.05) is 0 Å². The molecule has 0 saturated carbocycles. The summed E-state index contributed by atoms with van der Waals surface area (Å²) in [6, 6.07) is 10.9. The summed E-state index contributed by atoms with van der Waals surface area (Å²) < 4.78 is 40.9. The Bertz CT molecular complexity index is 1080. The van der Waals surface area contributed by atoms with Crippen LogP contribution in [0.15, 0.2) is 48.7 Å². The first kappa shape index (κ1) is 18.7. The van der Waals surface area contributed by atoms with E-state index in [9.17, 15) is 18.0 Å². The van der Waals surface area contributed by atoms with E-state index in [1.165, 1.54) is 24.3 Å². The van der Waals surface area contributed by atoms with Gasteiger partial charge in [-0.05, 0) is 60.5 Å². The van der Waals surface area contributed by atoms with Crippen LogP contribution in [0.3, 0.4) is 0 Å². The number of amides is 1. The number of halogens is 3. The van der Waals surface area contributed by atoms with Gasteiger partial charge < -0.3 is 15.4 Å². The molecule has 1 aliphatic heterocycles. The largest absolute Gasteiger partial charge is 0.573 e. The number of hydrogen-bond acceptors (Lipinski definition) is 5. The van der Waals surface area contributed by atoms with Gasteiger partial charge >= 0.3 is 6.36 Å². The predicted molar refractivity (Wildman–Crippen MR) is 101 cm³/mol. The lowest BCUT2D eigenvalue weighted by Crippen LogP contribution is -2.16. The van der Waals surface area contributed by atoms with Gasteiger partial charge in [0.1, 0.15) is 5.75 Å². The van der Waals surface area contributed by atoms with Crippen molar-refractivity contribution in [1.29, 1.82) is 0 Å². The first-order valence-electron chi connectivity index (χ1n) is 8.66. The molecule has 1 aliphatic rings. The predicted octanol–water partition coefficient (Wildman–Crippen LogP) is 4.59. The molecule has 0 saturated heterocycles. The summed E-state index contributed by atoms with van der Waals surface area (Å²) in [7, 11) is 0. The first-order chi connectivity index (χ1) is 13.8. The molecule has 9 heteroatoms. The molecule has 0 bridgehead atoms. The first-order valence-corrected chi connectivity index (χ1v) is 8.66. The van der Waals surface area contributed by atoms with Crippen LogP contribution in [0.4, 0.5) is 30.5 Å². The smallest absolute Gasteiger partial charge is 0.406 e. The summed E-state index contributed by atoms with van der Waals surface area (Å²) in [6.45, 7) is 1.81.